The summed E-state index contributed by atoms with van der Waals surface area (Å²) in [7, 11) is 0. The Bertz CT molecular complexity index is 464. The number of hydrogen-bond donors (Lipinski definition) is 0. The van der Waals surface area contributed by atoms with Gasteiger partial charge in [-0.3, -0.25) is 0 Å². The van der Waals surface area contributed by atoms with E-state index < -0.39 is 0 Å². The van der Waals surface area contributed by atoms with E-state index in [-0.39, 0.29) is 11.2 Å². The lowest BCUT2D eigenvalue weighted by Gasteiger charge is -2.07. The monoisotopic (exact) mass is 240 g/mol. The first kappa shape index (κ1) is 10.7. The van der Waals surface area contributed by atoms with E-state index in [1.807, 2.05) is 25.1 Å². The molecule has 0 fully saturated rings. The van der Waals surface area contributed by atoms with E-state index in [9.17, 15) is 4.39 Å². The van der Waals surface area contributed by atoms with Crippen molar-refractivity contribution in [2.75, 3.05) is 0 Å². The van der Waals surface area contributed by atoms with Gasteiger partial charge in [-0.25, -0.2) is 4.39 Å². The van der Waals surface area contributed by atoms with Crippen LogP contribution in [0.15, 0.2) is 36.4 Å². The summed E-state index contributed by atoms with van der Waals surface area (Å²) in [5.74, 6) is -0.244. The maximum Gasteiger partial charge on any atom is 0.123 e. The number of alkyl halides is 1. The van der Waals surface area contributed by atoms with Gasteiger partial charge in [0, 0.05) is 9.75 Å². The largest absolute Gasteiger partial charge is 0.207 e. The summed E-state index contributed by atoms with van der Waals surface area (Å²) >= 11 is 7.90. The molecule has 0 saturated heterocycles. The molecule has 0 aliphatic carbocycles. The summed E-state index contributed by atoms with van der Waals surface area (Å²) in [5.41, 5.74) is 0.804. The van der Waals surface area contributed by atoms with Gasteiger partial charge in [0.1, 0.15) is 5.82 Å². The third kappa shape index (κ3) is 2.39. The van der Waals surface area contributed by atoms with Gasteiger partial charge >= 0.3 is 0 Å². The van der Waals surface area contributed by atoms with Crippen LogP contribution in [0.2, 0.25) is 0 Å². The highest BCUT2D eigenvalue weighted by Gasteiger charge is 2.12. The van der Waals surface area contributed by atoms with Gasteiger partial charge in [-0.05, 0) is 36.8 Å². The van der Waals surface area contributed by atoms with Crippen molar-refractivity contribution in [3.63, 3.8) is 0 Å². The lowest BCUT2D eigenvalue weighted by atomic mass is 10.1. The minimum atomic E-state index is -0.251. The highest BCUT2D eigenvalue weighted by Crippen LogP contribution is 2.33. The molecule has 1 aromatic heterocycles. The van der Waals surface area contributed by atoms with Crippen LogP contribution < -0.4 is 0 Å². The molecule has 1 atom stereocenters. The molecule has 0 bridgehead atoms. The van der Waals surface area contributed by atoms with Crippen molar-refractivity contribution in [1.29, 1.82) is 0 Å². The summed E-state index contributed by atoms with van der Waals surface area (Å²) in [6, 6.07) is 10.4. The second-order valence-electron chi connectivity index (χ2n) is 3.37. The fourth-order valence-corrected chi connectivity index (χ4v) is 2.64. The standard InChI is InChI=1S/C12H10ClFS/c1-8-5-6-11(15-8)12(13)9-3-2-4-10(14)7-9/h2-7,12H,1H3. The average Bonchev–Trinajstić information content (AvgIpc) is 2.64. The number of rotatable bonds is 2. The topological polar surface area (TPSA) is 0 Å². The maximum atomic E-state index is 13.0. The van der Waals surface area contributed by atoms with Gasteiger partial charge in [0.25, 0.3) is 0 Å². The van der Waals surface area contributed by atoms with Gasteiger partial charge in [0.15, 0.2) is 0 Å². The van der Waals surface area contributed by atoms with Crippen LogP contribution in [0.4, 0.5) is 4.39 Å². The molecule has 0 nitrogen and oxygen atoms in total. The molecule has 3 heteroatoms. The zero-order valence-electron chi connectivity index (χ0n) is 8.21. The van der Waals surface area contributed by atoms with E-state index in [1.54, 1.807) is 17.4 Å². The Balaban J connectivity index is 2.32. The normalized spacial score (nSPS) is 12.7. The summed E-state index contributed by atoms with van der Waals surface area (Å²) in [6.45, 7) is 2.03. The van der Waals surface area contributed by atoms with Gasteiger partial charge in [0.05, 0.1) is 5.38 Å². The Morgan fingerprint density at radius 3 is 2.67 bits per heavy atom. The first-order valence-electron chi connectivity index (χ1n) is 4.62. The molecule has 2 rings (SSSR count). The summed E-state index contributed by atoms with van der Waals surface area (Å²) in [5, 5.41) is -0.251. The fraction of sp³-hybridized carbons (Fsp3) is 0.167. The summed E-state index contributed by atoms with van der Waals surface area (Å²) in [6.07, 6.45) is 0. The predicted molar refractivity (Wildman–Crippen MR) is 63.2 cm³/mol. The Hall–Kier alpha value is -0.860. The molecule has 15 heavy (non-hydrogen) atoms. The van der Waals surface area contributed by atoms with E-state index in [4.69, 9.17) is 11.6 Å². The molecule has 1 unspecified atom stereocenters. The molecular formula is C12H10ClFS. The van der Waals surface area contributed by atoms with Crippen LogP contribution in [-0.4, -0.2) is 0 Å². The van der Waals surface area contributed by atoms with Crippen molar-refractivity contribution in [1.82, 2.24) is 0 Å². The van der Waals surface area contributed by atoms with Crippen molar-refractivity contribution in [3.05, 3.63) is 57.5 Å². The Morgan fingerprint density at radius 1 is 1.27 bits per heavy atom. The Labute approximate surface area is 97.3 Å². The van der Waals surface area contributed by atoms with Crippen molar-refractivity contribution < 1.29 is 4.39 Å². The highest BCUT2D eigenvalue weighted by molar-refractivity contribution is 7.12. The zero-order valence-corrected chi connectivity index (χ0v) is 9.78. The first-order valence-corrected chi connectivity index (χ1v) is 5.88. The van der Waals surface area contributed by atoms with Crippen LogP contribution >= 0.6 is 22.9 Å². The van der Waals surface area contributed by atoms with E-state index in [0.717, 1.165) is 10.4 Å². The van der Waals surface area contributed by atoms with Crippen LogP contribution in [-0.2, 0) is 0 Å². The number of thiophene rings is 1. The van der Waals surface area contributed by atoms with Crippen LogP contribution in [0.1, 0.15) is 20.7 Å². The molecule has 0 radical (unpaired) electrons. The molecule has 0 amide bonds. The molecule has 0 aliphatic rings. The number of halogens is 2. The molecule has 0 aliphatic heterocycles. The van der Waals surface area contributed by atoms with Gasteiger partial charge in [-0.1, -0.05) is 12.1 Å². The minimum absolute atomic E-state index is 0.244. The second-order valence-corrected chi connectivity index (χ2v) is 5.12. The fourth-order valence-electron chi connectivity index (χ4n) is 1.42. The molecule has 0 N–H and O–H groups in total. The van der Waals surface area contributed by atoms with E-state index in [0.29, 0.717) is 0 Å². The molecule has 0 saturated carbocycles. The zero-order chi connectivity index (χ0) is 10.8. The number of aryl methyl sites for hydroxylation is 1. The van der Waals surface area contributed by atoms with Crippen molar-refractivity contribution in [3.8, 4) is 0 Å². The average molecular weight is 241 g/mol. The summed E-state index contributed by atoms with van der Waals surface area (Å²) in [4.78, 5) is 2.27. The van der Waals surface area contributed by atoms with Crippen molar-refractivity contribution in [2.45, 2.75) is 12.3 Å². The SMILES string of the molecule is Cc1ccc(C(Cl)c2cccc(F)c2)s1. The molecule has 78 valence electrons. The second kappa shape index (κ2) is 4.33. The Morgan fingerprint density at radius 2 is 2.07 bits per heavy atom. The maximum absolute atomic E-state index is 13.0. The first-order chi connectivity index (χ1) is 7.16. The van der Waals surface area contributed by atoms with Crippen LogP contribution in [0.5, 0.6) is 0 Å². The van der Waals surface area contributed by atoms with Gasteiger partial charge in [0.2, 0.25) is 0 Å². The number of hydrogen-bond acceptors (Lipinski definition) is 1. The van der Waals surface area contributed by atoms with Gasteiger partial charge in [-0.15, -0.1) is 22.9 Å². The van der Waals surface area contributed by atoms with Crippen LogP contribution in [0.25, 0.3) is 0 Å². The molecule has 1 heterocycles. The van der Waals surface area contributed by atoms with E-state index >= 15 is 0 Å². The number of benzene rings is 1. The van der Waals surface area contributed by atoms with Gasteiger partial charge < -0.3 is 0 Å². The quantitative estimate of drug-likeness (QED) is 0.677. The predicted octanol–water partition coefficient (Wildman–Crippen LogP) is 4.52. The van der Waals surface area contributed by atoms with Crippen LogP contribution in [0.3, 0.4) is 0 Å². The lowest BCUT2D eigenvalue weighted by molar-refractivity contribution is 0.626. The van der Waals surface area contributed by atoms with Crippen LogP contribution in [0, 0.1) is 12.7 Å². The third-order valence-corrected chi connectivity index (χ3v) is 3.83. The highest BCUT2D eigenvalue weighted by atomic mass is 35.5. The molecule has 0 spiro atoms. The Kier molecular flexibility index (Phi) is 3.08. The molecular weight excluding hydrogens is 231 g/mol. The minimum Gasteiger partial charge on any atom is -0.207 e. The third-order valence-electron chi connectivity index (χ3n) is 2.15. The van der Waals surface area contributed by atoms with E-state index in [2.05, 4.69) is 0 Å². The lowest BCUT2D eigenvalue weighted by Crippen LogP contribution is -1.90. The summed E-state index contributed by atoms with van der Waals surface area (Å²) < 4.78 is 13.0. The molecule has 1 aromatic carbocycles. The van der Waals surface area contributed by atoms with Crippen molar-refractivity contribution >= 4 is 22.9 Å². The molecule has 2 aromatic rings. The smallest absolute Gasteiger partial charge is 0.123 e. The van der Waals surface area contributed by atoms with E-state index in [1.165, 1.54) is 17.0 Å². The van der Waals surface area contributed by atoms with Crippen molar-refractivity contribution in [2.24, 2.45) is 0 Å². The van der Waals surface area contributed by atoms with Gasteiger partial charge in [-0.2, -0.15) is 0 Å².